The van der Waals surface area contributed by atoms with Crippen molar-refractivity contribution in [3.63, 3.8) is 0 Å². The van der Waals surface area contributed by atoms with E-state index in [1.54, 1.807) is 39.2 Å². The van der Waals surface area contributed by atoms with Crippen LogP contribution in [-0.4, -0.2) is 22.5 Å². The molecule has 6 nitrogen and oxygen atoms in total. The van der Waals surface area contributed by atoms with Gasteiger partial charge < -0.3 is 10.1 Å². The van der Waals surface area contributed by atoms with Gasteiger partial charge in [0.2, 0.25) is 0 Å². The highest BCUT2D eigenvalue weighted by Gasteiger charge is 2.17. The van der Waals surface area contributed by atoms with E-state index in [1.165, 1.54) is 22.7 Å². The van der Waals surface area contributed by atoms with Crippen molar-refractivity contribution >= 4 is 23.8 Å². The molecule has 0 saturated heterocycles. The van der Waals surface area contributed by atoms with Crippen molar-refractivity contribution < 1.29 is 14.3 Å². The number of nitrogens with zero attached hydrogens (tertiary/aromatic N) is 1. The molecule has 2 rings (SSSR count). The van der Waals surface area contributed by atoms with Gasteiger partial charge in [-0.1, -0.05) is 48.5 Å². The standard InChI is InChI=1S/C27H33N3O3/c1-7-30(17-16-28-19-22-11-8-20(2)9-12-22)25(31)15-14-23-13-10-21(3)18-24(23)29-26(32)33-27(4,5)6/h7-18,28H,1,19H2,2-6H3,(H,29,32)/b15-14+,17-16+. The first-order valence-electron chi connectivity index (χ1n) is 10.8. The van der Waals surface area contributed by atoms with Gasteiger partial charge in [-0.25, -0.2) is 4.79 Å². The van der Waals surface area contributed by atoms with Crippen molar-refractivity contribution in [2.45, 2.75) is 46.8 Å². The SMILES string of the molecule is C=CN(/C=C/NCc1ccc(C)cc1)C(=O)/C=C/c1ccc(C)cc1NC(=O)OC(C)(C)C. The second-order valence-corrected chi connectivity index (χ2v) is 8.66. The van der Waals surface area contributed by atoms with Gasteiger partial charge >= 0.3 is 6.09 Å². The van der Waals surface area contributed by atoms with Gasteiger partial charge in [0.1, 0.15) is 5.60 Å². The summed E-state index contributed by atoms with van der Waals surface area (Å²) in [7, 11) is 0. The summed E-state index contributed by atoms with van der Waals surface area (Å²) in [5, 5.41) is 5.92. The molecule has 2 N–H and O–H groups in total. The Kier molecular flexibility index (Phi) is 9.04. The zero-order valence-corrected chi connectivity index (χ0v) is 20.0. The summed E-state index contributed by atoms with van der Waals surface area (Å²) in [6.45, 7) is 13.7. The maximum absolute atomic E-state index is 12.6. The number of anilines is 1. The number of hydrogen-bond donors (Lipinski definition) is 2. The average Bonchev–Trinajstić information content (AvgIpc) is 2.73. The van der Waals surface area contributed by atoms with E-state index in [9.17, 15) is 9.59 Å². The molecule has 0 spiro atoms. The normalized spacial score (nSPS) is 11.4. The van der Waals surface area contributed by atoms with E-state index in [0.29, 0.717) is 17.8 Å². The van der Waals surface area contributed by atoms with Crippen LogP contribution in [0, 0.1) is 13.8 Å². The maximum Gasteiger partial charge on any atom is 0.412 e. The Morgan fingerprint density at radius 1 is 1.06 bits per heavy atom. The molecule has 0 aliphatic rings. The van der Waals surface area contributed by atoms with Gasteiger partial charge in [0.25, 0.3) is 5.91 Å². The summed E-state index contributed by atoms with van der Waals surface area (Å²) in [4.78, 5) is 26.2. The highest BCUT2D eigenvalue weighted by Crippen LogP contribution is 2.21. The number of aryl methyl sites for hydroxylation is 2. The lowest BCUT2D eigenvalue weighted by atomic mass is 10.1. The number of carbonyl (C=O) groups excluding carboxylic acids is 2. The molecule has 174 valence electrons. The third kappa shape index (κ3) is 9.07. The molecular weight excluding hydrogens is 414 g/mol. The van der Waals surface area contributed by atoms with Crippen molar-refractivity contribution in [3.8, 4) is 0 Å². The molecule has 2 aromatic rings. The second-order valence-electron chi connectivity index (χ2n) is 8.66. The quantitative estimate of drug-likeness (QED) is 0.495. The smallest absolute Gasteiger partial charge is 0.412 e. The average molecular weight is 448 g/mol. The van der Waals surface area contributed by atoms with Gasteiger partial charge in [-0.2, -0.15) is 0 Å². The topological polar surface area (TPSA) is 70.7 Å². The van der Waals surface area contributed by atoms with Crippen LogP contribution >= 0.6 is 0 Å². The van der Waals surface area contributed by atoms with Crippen LogP contribution in [0.4, 0.5) is 10.5 Å². The summed E-state index contributed by atoms with van der Waals surface area (Å²) < 4.78 is 5.33. The zero-order valence-electron chi connectivity index (χ0n) is 20.0. The van der Waals surface area contributed by atoms with Gasteiger partial charge in [-0.3, -0.25) is 15.0 Å². The highest BCUT2D eigenvalue weighted by atomic mass is 16.6. The number of carbonyl (C=O) groups is 2. The summed E-state index contributed by atoms with van der Waals surface area (Å²) >= 11 is 0. The van der Waals surface area contributed by atoms with Crippen LogP contribution in [0.25, 0.3) is 6.08 Å². The molecule has 6 heteroatoms. The monoisotopic (exact) mass is 447 g/mol. The number of nitrogens with one attached hydrogen (secondary N) is 2. The van der Waals surface area contributed by atoms with Gasteiger partial charge in [-0.05, 0) is 63.5 Å². The molecule has 33 heavy (non-hydrogen) atoms. The van der Waals surface area contributed by atoms with Gasteiger partial charge in [0.05, 0.1) is 5.69 Å². The first-order valence-corrected chi connectivity index (χ1v) is 10.8. The minimum Gasteiger partial charge on any atom is -0.444 e. The minimum absolute atomic E-state index is 0.276. The van der Waals surface area contributed by atoms with Crippen molar-refractivity contribution in [1.29, 1.82) is 0 Å². The lowest BCUT2D eigenvalue weighted by molar-refractivity contribution is -0.121. The van der Waals surface area contributed by atoms with E-state index >= 15 is 0 Å². The lowest BCUT2D eigenvalue weighted by Gasteiger charge is -2.20. The third-order valence-electron chi connectivity index (χ3n) is 4.48. The van der Waals surface area contributed by atoms with Crippen LogP contribution in [0.1, 0.15) is 43.0 Å². The summed E-state index contributed by atoms with van der Waals surface area (Å²) in [6.07, 6.45) is 7.28. The molecule has 0 aliphatic heterocycles. The third-order valence-corrected chi connectivity index (χ3v) is 4.48. The molecule has 0 unspecified atom stereocenters. The maximum atomic E-state index is 12.6. The largest absolute Gasteiger partial charge is 0.444 e. The fourth-order valence-corrected chi connectivity index (χ4v) is 2.82. The molecule has 0 saturated carbocycles. The van der Waals surface area contributed by atoms with Crippen LogP contribution in [0.3, 0.4) is 0 Å². The Balaban J connectivity index is 2.02. The summed E-state index contributed by atoms with van der Waals surface area (Å²) in [6, 6.07) is 13.8. The Hall–Kier alpha value is -3.80. The molecule has 0 atom stereocenters. The number of rotatable bonds is 8. The van der Waals surface area contributed by atoms with Gasteiger partial charge in [0.15, 0.2) is 0 Å². The van der Waals surface area contributed by atoms with Gasteiger partial charge in [-0.15, -0.1) is 0 Å². The van der Waals surface area contributed by atoms with Crippen LogP contribution in [-0.2, 0) is 16.1 Å². The first kappa shape index (κ1) is 25.5. The van der Waals surface area contributed by atoms with Crippen LogP contribution in [0.15, 0.2) is 73.7 Å². The fourth-order valence-electron chi connectivity index (χ4n) is 2.82. The van der Waals surface area contributed by atoms with E-state index < -0.39 is 11.7 Å². The number of hydrogen-bond acceptors (Lipinski definition) is 4. The van der Waals surface area contributed by atoms with E-state index in [1.807, 2.05) is 32.0 Å². The Morgan fingerprint density at radius 2 is 1.73 bits per heavy atom. The van der Waals surface area contributed by atoms with Crippen molar-refractivity contribution in [2.24, 2.45) is 0 Å². The molecule has 0 heterocycles. The summed E-state index contributed by atoms with van der Waals surface area (Å²) in [5.41, 5.74) is 3.97. The van der Waals surface area contributed by atoms with Gasteiger partial charge in [0, 0.05) is 31.2 Å². The van der Waals surface area contributed by atoms with Crippen LogP contribution in [0.5, 0.6) is 0 Å². The van der Waals surface area contributed by atoms with E-state index in [-0.39, 0.29) is 5.91 Å². The molecule has 2 amide bonds. The van der Waals surface area contributed by atoms with E-state index in [2.05, 4.69) is 41.5 Å². The molecule has 0 aromatic heterocycles. The van der Waals surface area contributed by atoms with Crippen molar-refractivity contribution in [1.82, 2.24) is 10.2 Å². The van der Waals surface area contributed by atoms with Crippen molar-refractivity contribution in [2.75, 3.05) is 5.32 Å². The molecule has 0 radical (unpaired) electrons. The van der Waals surface area contributed by atoms with E-state index in [0.717, 1.165) is 11.1 Å². The predicted molar refractivity (Wildman–Crippen MR) is 134 cm³/mol. The molecular formula is C27H33N3O3. The second kappa shape index (κ2) is 11.7. The highest BCUT2D eigenvalue weighted by molar-refractivity contribution is 5.95. The lowest BCUT2D eigenvalue weighted by Crippen LogP contribution is -2.27. The number of benzene rings is 2. The Morgan fingerprint density at radius 3 is 2.36 bits per heavy atom. The van der Waals surface area contributed by atoms with E-state index in [4.69, 9.17) is 4.74 Å². The molecule has 0 bridgehead atoms. The fraction of sp³-hybridized carbons (Fsp3) is 0.259. The predicted octanol–water partition coefficient (Wildman–Crippen LogP) is 5.90. The first-order chi connectivity index (χ1) is 15.6. The van der Waals surface area contributed by atoms with Crippen LogP contribution in [0.2, 0.25) is 0 Å². The molecule has 2 aromatic carbocycles. The van der Waals surface area contributed by atoms with Crippen LogP contribution < -0.4 is 10.6 Å². The Bertz CT molecular complexity index is 1030. The van der Waals surface area contributed by atoms with Crippen molar-refractivity contribution in [3.05, 3.63) is 96.0 Å². The number of ether oxygens (including phenoxy) is 1. The zero-order chi connectivity index (χ0) is 24.4. The number of amides is 2. The Labute approximate surface area is 196 Å². The molecule has 0 aliphatic carbocycles. The molecule has 0 fully saturated rings. The summed E-state index contributed by atoms with van der Waals surface area (Å²) in [5.74, 6) is -0.276. The minimum atomic E-state index is -0.607.